The van der Waals surface area contributed by atoms with Gasteiger partial charge in [0.25, 0.3) is 0 Å². The van der Waals surface area contributed by atoms with Crippen LogP contribution in [0, 0.1) is 17.5 Å². The lowest BCUT2D eigenvalue weighted by Gasteiger charge is -1.93. The number of benzene rings is 1. The molecule has 1 aromatic carbocycles. The van der Waals surface area contributed by atoms with E-state index >= 15 is 0 Å². The number of hydrogen-bond acceptors (Lipinski definition) is 2. The van der Waals surface area contributed by atoms with Crippen LogP contribution < -0.4 is 0 Å². The van der Waals surface area contributed by atoms with Crippen LogP contribution in [0.5, 0.6) is 0 Å². The molecule has 0 bridgehead atoms. The summed E-state index contributed by atoms with van der Waals surface area (Å²) >= 11 is 6.21. The fourth-order valence-electron chi connectivity index (χ4n) is 0.958. The summed E-state index contributed by atoms with van der Waals surface area (Å²) in [4.78, 5) is 3.46. The first-order chi connectivity index (χ1) is 6.09. The number of aromatic nitrogens is 1. The van der Waals surface area contributed by atoms with E-state index in [9.17, 15) is 13.2 Å². The SMILES string of the molecule is Fc1cc(F)c2sc(Cl)nc2c1F. The summed E-state index contributed by atoms with van der Waals surface area (Å²) in [5.41, 5.74) is -0.354. The topological polar surface area (TPSA) is 12.9 Å². The summed E-state index contributed by atoms with van der Waals surface area (Å²) < 4.78 is 38.4. The second kappa shape index (κ2) is 2.85. The molecule has 0 unspecified atom stereocenters. The minimum absolute atomic E-state index is 0.0154. The quantitative estimate of drug-likeness (QED) is 0.624. The number of halogens is 4. The van der Waals surface area contributed by atoms with Gasteiger partial charge >= 0.3 is 0 Å². The molecular formula is C7HClF3NS. The van der Waals surface area contributed by atoms with Gasteiger partial charge in [-0.1, -0.05) is 22.9 Å². The van der Waals surface area contributed by atoms with Crippen LogP contribution in [0.3, 0.4) is 0 Å². The Bertz CT molecular complexity index is 482. The maximum atomic E-state index is 12.9. The zero-order valence-electron chi connectivity index (χ0n) is 5.94. The third kappa shape index (κ3) is 1.28. The predicted molar refractivity (Wildman–Crippen MR) is 44.5 cm³/mol. The Morgan fingerprint density at radius 2 is 1.92 bits per heavy atom. The molecule has 6 heteroatoms. The Kier molecular flexibility index (Phi) is 1.92. The summed E-state index contributed by atoms with van der Waals surface area (Å²) in [5, 5.41) is 0. The van der Waals surface area contributed by atoms with Crippen LogP contribution in [0.2, 0.25) is 4.47 Å². The van der Waals surface area contributed by atoms with Crippen molar-refractivity contribution in [3.05, 3.63) is 28.0 Å². The molecule has 0 saturated carbocycles. The van der Waals surface area contributed by atoms with Crippen molar-refractivity contribution >= 4 is 33.2 Å². The highest BCUT2D eigenvalue weighted by Crippen LogP contribution is 2.30. The highest BCUT2D eigenvalue weighted by molar-refractivity contribution is 7.22. The highest BCUT2D eigenvalue weighted by atomic mass is 35.5. The van der Waals surface area contributed by atoms with E-state index in [2.05, 4.69) is 4.98 Å². The molecule has 1 aromatic heterocycles. The van der Waals surface area contributed by atoms with Gasteiger partial charge in [0.1, 0.15) is 11.3 Å². The lowest BCUT2D eigenvalue weighted by molar-refractivity contribution is 0.505. The summed E-state index contributed by atoms with van der Waals surface area (Å²) in [6.07, 6.45) is 0. The summed E-state index contributed by atoms with van der Waals surface area (Å²) in [6, 6.07) is 0.478. The molecule has 0 saturated heterocycles. The Hall–Kier alpha value is -0.810. The average molecular weight is 224 g/mol. The molecule has 1 heterocycles. The van der Waals surface area contributed by atoms with E-state index in [4.69, 9.17) is 11.6 Å². The first-order valence-electron chi connectivity index (χ1n) is 3.19. The third-order valence-electron chi connectivity index (χ3n) is 1.49. The van der Waals surface area contributed by atoms with Gasteiger partial charge in [-0.3, -0.25) is 0 Å². The van der Waals surface area contributed by atoms with E-state index in [1.54, 1.807) is 0 Å². The van der Waals surface area contributed by atoms with Gasteiger partial charge in [-0.2, -0.15) is 0 Å². The van der Waals surface area contributed by atoms with Gasteiger partial charge in [0.15, 0.2) is 16.1 Å². The van der Waals surface area contributed by atoms with Crippen molar-refractivity contribution in [2.75, 3.05) is 0 Å². The van der Waals surface area contributed by atoms with E-state index in [0.29, 0.717) is 6.07 Å². The van der Waals surface area contributed by atoms with Crippen molar-refractivity contribution in [2.45, 2.75) is 0 Å². The molecule has 0 radical (unpaired) electrons. The summed E-state index contributed by atoms with van der Waals surface area (Å²) in [5.74, 6) is -3.27. The molecule has 13 heavy (non-hydrogen) atoms. The summed E-state index contributed by atoms with van der Waals surface area (Å²) in [7, 11) is 0. The van der Waals surface area contributed by atoms with E-state index in [1.165, 1.54) is 0 Å². The molecular weight excluding hydrogens is 223 g/mol. The third-order valence-corrected chi connectivity index (χ3v) is 2.66. The molecule has 0 aliphatic carbocycles. The van der Waals surface area contributed by atoms with E-state index in [1.807, 2.05) is 0 Å². The Morgan fingerprint density at radius 3 is 2.62 bits per heavy atom. The second-order valence-corrected chi connectivity index (χ2v) is 3.88. The second-order valence-electron chi connectivity index (χ2n) is 2.30. The number of hydrogen-bond donors (Lipinski definition) is 0. The fourth-order valence-corrected chi connectivity index (χ4v) is 1.97. The van der Waals surface area contributed by atoms with Gasteiger partial charge in [-0.15, -0.1) is 0 Å². The van der Waals surface area contributed by atoms with Crippen molar-refractivity contribution in [3.8, 4) is 0 Å². The monoisotopic (exact) mass is 223 g/mol. The Morgan fingerprint density at radius 1 is 1.23 bits per heavy atom. The first kappa shape index (κ1) is 8.77. The molecule has 0 aliphatic heterocycles. The van der Waals surface area contributed by atoms with Crippen molar-refractivity contribution in [3.63, 3.8) is 0 Å². The number of rotatable bonds is 0. The molecule has 0 N–H and O–H groups in total. The zero-order valence-corrected chi connectivity index (χ0v) is 7.52. The van der Waals surface area contributed by atoms with Gasteiger partial charge in [-0.05, 0) is 0 Å². The number of thiazole rings is 1. The van der Waals surface area contributed by atoms with Crippen LogP contribution in [-0.2, 0) is 0 Å². The van der Waals surface area contributed by atoms with Crippen LogP contribution in [-0.4, -0.2) is 4.98 Å². The molecule has 68 valence electrons. The molecule has 0 atom stereocenters. The normalized spacial score (nSPS) is 11.1. The van der Waals surface area contributed by atoms with Crippen molar-refractivity contribution in [2.24, 2.45) is 0 Å². The lowest BCUT2D eigenvalue weighted by Crippen LogP contribution is -1.88. The maximum absolute atomic E-state index is 12.9. The largest absolute Gasteiger partial charge is 0.222 e. The number of nitrogens with zero attached hydrogens (tertiary/aromatic N) is 1. The first-order valence-corrected chi connectivity index (χ1v) is 4.38. The molecule has 1 nitrogen and oxygen atoms in total. The van der Waals surface area contributed by atoms with E-state index in [-0.39, 0.29) is 14.7 Å². The smallest absolute Gasteiger partial charge is 0.186 e. The minimum atomic E-state index is -1.26. The lowest BCUT2D eigenvalue weighted by atomic mass is 10.3. The van der Waals surface area contributed by atoms with Crippen molar-refractivity contribution < 1.29 is 13.2 Å². The molecule has 0 aliphatic rings. The molecule has 0 amide bonds. The van der Waals surface area contributed by atoms with Crippen molar-refractivity contribution in [1.29, 1.82) is 0 Å². The standard InChI is InChI=1S/C7HClF3NS/c8-7-12-5-4(11)2(9)1-3(10)6(5)13-7/h1H. The molecule has 0 spiro atoms. The van der Waals surface area contributed by atoms with Gasteiger partial charge in [-0.25, -0.2) is 18.2 Å². The van der Waals surface area contributed by atoms with Crippen LogP contribution in [0.1, 0.15) is 0 Å². The van der Waals surface area contributed by atoms with Gasteiger partial charge in [0.05, 0.1) is 4.70 Å². The van der Waals surface area contributed by atoms with Crippen LogP contribution >= 0.6 is 22.9 Å². The molecule has 2 aromatic rings. The Balaban J connectivity index is 2.95. The van der Waals surface area contributed by atoms with Gasteiger partial charge < -0.3 is 0 Å². The highest BCUT2D eigenvalue weighted by Gasteiger charge is 2.16. The Labute approximate surface area is 79.8 Å². The van der Waals surface area contributed by atoms with Crippen molar-refractivity contribution in [1.82, 2.24) is 4.98 Å². The van der Waals surface area contributed by atoms with Crippen LogP contribution in [0.4, 0.5) is 13.2 Å². The van der Waals surface area contributed by atoms with Gasteiger partial charge in [0, 0.05) is 6.07 Å². The average Bonchev–Trinajstić information content (AvgIpc) is 2.44. The molecule has 0 fully saturated rings. The fraction of sp³-hybridized carbons (Fsp3) is 0. The zero-order chi connectivity index (χ0) is 9.59. The van der Waals surface area contributed by atoms with E-state index < -0.39 is 17.5 Å². The van der Waals surface area contributed by atoms with Gasteiger partial charge in [0.2, 0.25) is 0 Å². The molecule has 2 rings (SSSR count). The van der Waals surface area contributed by atoms with Crippen LogP contribution in [0.25, 0.3) is 10.2 Å². The van der Waals surface area contributed by atoms with Crippen LogP contribution in [0.15, 0.2) is 6.07 Å². The number of fused-ring (bicyclic) bond motifs is 1. The minimum Gasteiger partial charge on any atom is -0.222 e. The summed E-state index contributed by atoms with van der Waals surface area (Å²) in [6.45, 7) is 0. The maximum Gasteiger partial charge on any atom is 0.186 e. The predicted octanol–water partition coefficient (Wildman–Crippen LogP) is 3.37. The van der Waals surface area contributed by atoms with E-state index in [0.717, 1.165) is 11.3 Å².